The molecule has 1 aromatic rings. The predicted octanol–water partition coefficient (Wildman–Crippen LogP) is -1.79. The van der Waals surface area contributed by atoms with Gasteiger partial charge in [0.25, 0.3) is 5.56 Å². The first kappa shape index (κ1) is 14.1. The molecule has 0 aromatic carbocycles. The Balaban J connectivity index is 2.78. The van der Waals surface area contributed by atoms with E-state index >= 15 is 0 Å². The van der Waals surface area contributed by atoms with Crippen molar-refractivity contribution < 1.29 is 18.3 Å². The van der Waals surface area contributed by atoms with Crippen LogP contribution in [0.3, 0.4) is 0 Å². The van der Waals surface area contributed by atoms with Gasteiger partial charge in [-0.3, -0.25) is 14.6 Å². The maximum Gasteiger partial charge on any atom is 0.325 e. The molecule has 0 saturated heterocycles. The molecule has 100 valence electrons. The highest BCUT2D eigenvalue weighted by Gasteiger charge is 2.18. The summed E-state index contributed by atoms with van der Waals surface area (Å²) in [6, 6.07) is 0. The average Bonchev–Trinajstić information content (AvgIpc) is 2.23. The number of aliphatic carboxylic acids is 1. The SMILES string of the molecule is O=C(O)CCCNS(=O)(=O)c1c[nH]c(=O)[nH]c1=O. The molecule has 0 spiro atoms. The van der Waals surface area contributed by atoms with Crippen molar-refractivity contribution in [3.05, 3.63) is 27.0 Å². The largest absolute Gasteiger partial charge is 0.481 e. The highest BCUT2D eigenvalue weighted by atomic mass is 32.2. The van der Waals surface area contributed by atoms with E-state index in [-0.39, 0.29) is 19.4 Å². The highest BCUT2D eigenvalue weighted by Crippen LogP contribution is 1.98. The average molecular weight is 277 g/mol. The molecule has 1 rings (SSSR count). The van der Waals surface area contributed by atoms with E-state index in [1.807, 2.05) is 4.98 Å². The molecule has 0 amide bonds. The van der Waals surface area contributed by atoms with Crippen LogP contribution in [0.25, 0.3) is 0 Å². The number of nitrogens with one attached hydrogen (secondary N) is 3. The molecule has 0 aliphatic heterocycles. The summed E-state index contributed by atoms with van der Waals surface area (Å²) in [6.07, 6.45) is 0.682. The minimum atomic E-state index is -4.06. The Bertz CT molecular complexity index is 643. The van der Waals surface area contributed by atoms with Gasteiger partial charge >= 0.3 is 11.7 Å². The minimum Gasteiger partial charge on any atom is -0.481 e. The van der Waals surface area contributed by atoms with E-state index in [0.717, 1.165) is 6.20 Å². The molecule has 1 aromatic heterocycles. The van der Waals surface area contributed by atoms with Gasteiger partial charge in [-0.1, -0.05) is 0 Å². The number of hydrogen-bond donors (Lipinski definition) is 4. The molecule has 10 heteroatoms. The maximum absolute atomic E-state index is 11.6. The maximum atomic E-state index is 11.6. The molecular formula is C8H11N3O6S. The van der Waals surface area contributed by atoms with Crippen molar-refractivity contribution >= 4 is 16.0 Å². The molecule has 18 heavy (non-hydrogen) atoms. The van der Waals surface area contributed by atoms with Crippen molar-refractivity contribution in [1.82, 2.24) is 14.7 Å². The van der Waals surface area contributed by atoms with E-state index in [2.05, 4.69) is 4.72 Å². The van der Waals surface area contributed by atoms with Gasteiger partial charge in [0.15, 0.2) is 4.90 Å². The Morgan fingerprint density at radius 3 is 2.61 bits per heavy atom. The zero-order valence-electron chi connectivity index (χ0n) is 9.10. The molecule has 0 atom stereocenters. The Morgan fingerprint density at radius 1 is 1.39 bits per heavy atom. The van der Waals surface area contributed by atoms with Crippen molar-refractivity contribution in [3.63, 3.8) is 0 Å². The van der Waals surface area contributed by atoms with Crippen LogP contribution in [0.15, 0.2) is 20.7 Å². The van der Waals surface area contributed by atoms with Gasteiger partial charge in [-0.25, -0.2) is 17.9 Å². The molecular weight excluding hydrogens is 266 g/mol. The standard InChI is InChI=1S/C8H11N3O6S/c12-6(13)2-1-3-10-18(16,17)5-4-9-8(15)11-7(5)14/h4,10H,1-3H2,(H,12,13)(H2,9,11,14,15). The van der Waals surface area contributed by atoms with E-state index < -0.39 is 32.1 Å². The normalized spacial score (nSPS) is 11.3. The third-order valence-corrected chi connectivity index (χ3v) is 3.40. The number of hydrogen-bond acceptors (Lipinski definition) is 5. The van der Waals surface area contributed by atoms with Crippen LogP contribution in [0.4, 0.5) is 0 Å². The van der Waals surface area contributed by atoms with Crippen LogP contribution in [0.2, 0.25) is 0 Å². The van der Waals surface area contributed by atoms with Crippen molar-refractivity contribution in [2.45, 2.75) is 17.7 Å². The molecule has 0 fully saturated rings. The van der Waals surface area contributed by atoms with Gasteiger partial charge in [-0.05, 0) is 6.42 Å². The first-order valence-electron chi connectivity index (χ1n) is 4.86. The van der Waals surface area contributed by atoms with Crippen LogP contribution in [0.1, 0.15) is 12.8 Å². The summed E-state index contributed by atoms with van der Waals surface area (Å²) in [5.74, 6) is -1.05. The second kappa shape index (κ2) is 5.60. The predicted molar refractivity (Wildman–Crippen MR) is 59.7 cm³/mol. The third kappa shape index (κ3) is 3.82. The summed E-state index contributed by atoms with van der Waals surface area (Å²) in [5.41, 5.74) is -1.85. The zero-order chi connectivity index (χ0) is 13.8. The Labute approximate surface area is 101 Å². The minimum absolute atomic E-state index is 0.0931. The number of aromatic amines is 2. The summed E-state index contributed by atoms with van der Waals surface area (Å²) in [7, 11) is -4.06. The number of carbonyl (C=O) groups is 1. The van der Waals surface area contributed by atoms with Gasteiger partial charge in [0.1, 0.15) is 0 Å². The number of carboxylic acids is 1. The molecule has 0 bridgehead atoms. The topological polar surface area (TPSA) is 149 Å². The van der Waals surface area contributed by atoms with Crippen LogP contribution >= 0.6 is 0 Å². The van der Waals surface area contributed by atoms with Crippen LogP contribution in [0.5, 0.6) is 0 Å². The lowest BCUT2D eigenvalue weighted by molar-refractivity contribution is -0.137. The highest BCUT2D eigenvalue weighted by molar-refractivity contribution is 7.89. The van der Waals surface area contributed by atoms with E-state index in [4.69, 9.17) is 5.11 Å². The van der Waals surface area contributed by atoms with Gasteiger partial charge in [0.05, 0.1) is 0 Å². The summed E-state index contributed by atoms with van der Waals surface area (Å²) in [6.45, 7) is -0.118. The lowest BCUT2D eigenvalue weighted by Crippen LogP contribution is -2.33. The number of H-pyrrole nitrogens is 2. The van der Waals surface area contributed by atoms with Crippen LogP contribution in [-0.2, 0) is 14.8 Å². The summed E-state index contributed by atoms with van der Waals surface area (Å²) < 4.78 is 25.3. The van der Waals surface area contributed by atoms with E-state index in [1.165, 1.54) is 0 Å². The number of sulfonamides is 1. The molecule has 0 unspecified atom stereocenters. The van der Waals surface area contributed by atoms with Gasteiger partial charge in [-0.15, -0.1) is 0 Å². The summed E-state index contributed by atoms with van der Waals surface area (Å²) in [4.78, 5) is 35.3. The van der Waals surface area contributed by atoms with Gasteiger partial charge in [0, 0.05) is 19.2 Å². The smallest absolute Gasteiger partial charge is 0.325 e. The first-order valence-corrected chi connectivity index (χ1v) is 6.35. The molecule has 4 N–H and O–H groups in total. The molecule has 0 radical (unpaired) electrons. The van der Waals surface area contributed by atoms with Crippen molar-refractivity contribution in [1.29, 1.82) is 0 Å². The van der Waals surface area contributed by atoms with Crippen LogP contribution in [0, 0.1) is 0 Å². The quantitative estimate of drug-likeness (QED) is 0.451. The van der Waals surface area contributed by atoms with Gasteiger partial charge in [0.2, 0.25) is 10.0 Å². The fraction of sp³-hybridized carbons (Fsp3) is 0.375. The zero-order valence-corrected chi connectivity index (χ0v) is 9.91. The molecule has 9 nitrogen and oxygen atoms in total. The van der Waals surface area contributed by atoms with Crippen molar-refractivity contribution in [2.75, 3.05) is 6.54 Å². The second-order valence-electron chi connectivity index (χ2n) is 3.33. The first-order chi connectivity index (χ1) is 8.33. The molecule has 0 saturated carbocycles. The molecule has 1 heterocycles. The van der Waals surface area contributed by atoms with Crippen LogP contribution < -0.4 is 16.0 Å². The Morgan fingerprint density at radius 2 is 2.06 bits per heavy atom. The van der Waals surface area contributed by atoms with E-state index in [1.54, 1.807) is 4.98 Å². The number of rotatable bonds is 6. The van der Waals surface area contributed by atoms with Gasteiger partial charge < -0.3 is 10.1 Å². The summed E-state index contributed by atoms with van der Waals surface area (Å²) >= 11 is 0. The second-order valence-corrected chi connectivity index (χ2v) is 5.07. The lowest BCUT2D eigenvalue weighted by atomic mass is 10.3. The number of carboxylic acid groups (broad SMARTS) is 1. The summed E-state index contributed by atoms with van der Waals surface area (Å²) in [5, 5.41) is 8.36. The van der Waals surface area contributed by atoms with Crippen molar-refractivity contribution in [3.8, 4) is 0 Å². The van der Waals surface area contributed by atoms with E-state index in [9.17, 15) is 22.8 Å². The number of aromatic nitrogens is 2. The fourth-order valence-electron chi connectivity index (χ4n) is 1.12. The van der Waals surface area contributed by atoms with Gasteiger partial charge in [-0.2, -0.15) is 0 Å². The Hall–Kier alpha value is -1.94. The fourth-order valence-corrected chi connectivity index (χ4v) is 2.20. The lowest BCUT2D eigenvalue weighted by Gasteiger charge is -2.04. The van der Waals surface area contributed by atoms with Crippen molar-refractivity contribution in [2.24, 2.45) is 0 Å². The monoisotopic (exact) mass is 277 g/mol. The van der Waals surface area contributed by atoms with E-state index in [0.29, 0.717) is 0 Å². The van der Waals surface area contributed by atoms with Crippen LogP contribution in [-0.4, -0.2) is 36.0 Å². The molecule has 0 aliphatic rings. The Kier molecular flexibility index (Phi) is 4.39. The third-order valence-electron chi connectivity index (χ3n) is 1.93. The molecule has 0 aliphatic carbocycles.